The summed E-state index contributed by atoms with van der Waals surface area (Å²) in [7, 11) is 1.80. The first-order chi connectivity index (χ1) is 22.8. The number of hydrogen-bond donors (Lipinski definition) is 3. The number of halogens is 2. The van der Waals surface area contributed by atoms with Crippen LogP contribution in [0.4, 0.5) is 8.78 Å². The van der Waals surface area contributed by atoms with Crippen LogP contribution in [0.1, 0.15) is 68.8 Å². The number of fused-ring (bicyclic) bond motifs is 8. The van der Waals surface area contributed by atoms with Gasteiger partial charge in [-0.3, -0.25) is 9.59 Å². The number of carboxylic acid groups (broad SMARTS) is 1. The van der Waals surface area contributed by atoms with Gasteiger partial charge >= 0.3 is 5.97 Å². The Hall–Kier alpha value is -4.99. The third kappa shape index (κ3) is 6.70. The lowest BCUT2D eigenvalue weighted by Gasteiger charge is -2.34. The molecule has 0 saturated carbocycles. The second-order valence-corrected chi connectivity index (χ2v) is 13.9. The summed E-state index contributed by atoms with van der Waals surface area (Å²) in [5, 5.41) is 10.0. The van der Waals surface area contributed by atoms with Gasteiger partial charge in [0.05, 0.1) is 12.0 Å². The van der Waals surface area contributed by atoms with Gasteiger partial charge < -0.3 is 24.7 Å². The number of ether oxygens (including phenoxy) is 1. The fraction of sp³-hybridized carbons (Fsp3) is 0.342. The molecule has 0 saturated heterocycles. The molecule has 0 aliphatic carbocycles. The molecule has 2 aromatic heterocycles. The van der Waals surface area contributed by atoms with Gasteiger partial charge in [0.1, 0.15) is 17.4 Å². The molecule has 10 heteroatoms. The van der Waals surface area contributed by atoms with Gasteiger partial charge in [-0.2, -0.15) is 0 Å². The summed E-state index contributed by atoms with van der Waals surface area (Å²) in [6.45, 7) is 6.92. The Bertz CT molecular complexity index is 1980. The van der Waals surface area contributed by atoms with Crippen molar-refractivity contribution in [3.8, 4) is 22.9 Å². The number of aliphatic carboxylic acids is 1. The number of nitrogens with zero attached hydrogens (tertiary/aromatic N) is 2. The number of benzene rings is 3. The van der Waals surface area contributed by atoms with E-state index < -0.39 is 23.0 Å². The van der Waals surface area contributed by atoms with E-state index in [-0.39, 0.29) is 47.6 Å². The van der Waals surface area contributed by atoms with E-state index in [9.17, 15) is 14.7 Å². The van der Waals surface area contributed by atoms with Crippen LogP contribution in [-0.4, -0.2) is 50.4 Å². The van der Waals surface area contributed by atoms with E-state index >= 15 is 8.78 Å². The van der Waals surface area contributed by atoms with Gasteiger partial charge in [-0.05, 0) is 67.0 Å². The van der Waals surface area contributed by atoms with Crippen LogP contribution < -0.4 is 4.74 Å². The minimum atomic E-state index is -0.901. The molecule has 3 heterocycles. The van der Waals surface area contributed by atoms with Gasteiger partial charge in [0.2, 0.25) is 5.91 Å². The highest BCUT2D eigenvalue weighted by molar-refractivity contribution is 5.86. The Morgan fingerprint density at radius 3 is 2.54 bits per heavy atom. The predicted molar refractivity (Wildman–Crippen MR) is 180 cm³/mol. The van der Waals surface area contributed by atoms with Crippen molar-refractivity contribution >= 4 is 22.8 Å². The molecule has 250 valence electrons. The van der Waals surface area contributed by atoms with Gasteiger partial charge in [0, 0.05) is 66.0 Å². The van der Waals surface area contributed by atoms with Crippen molar-refractivity contribution < 1.29 is 28.2 Å². The fourth-order valence-corrected chi connectivity index (χ4v) is 6.94. The summed E-state index contributed by atoms with van der Waals surface area (Å²) in [5.41, 5.74) is 2.95. The van der Waals surface area contributed by atoms with Crippen molar-refractivity contribution in [1.82, 2.24) is 19.9 Å². The zero-order chi connectivity index (χ0) is 34.2. The number of aromatic nitrogens is 3. The molecule has 0 spiro atoms. The second-order valence-electron chi connectivity index (χ2n) is 13.9. The van der Waals surface area contributed by atoms with E-state index in [1.54, 1.807) is 24.3 Å². The number of aromatic amines is 2. The maximum Gasteiger partial charge on any atom is 0.307 e. The molecule has 6 rings (SSSR count). The first-order valence-electron chi connectivity index (χ1n) is 16.2. The standard InChI is InChI=1S/C38H40F2N4O4/c1-37(2)15-5-16-38(3,24-8-6-23(7-9-24)18-34(46)47)32-21-42-36(43-32)28-19-25(10-12-29(28)39)48-35-27(11-13-33(45)44(4)22-37)26-14-17-41-31(26)20-30(35)40/h6-10,12,14,17,19-21,41H,5,11,13,15-16,18,22H2,1-4H3,(H,42,43)(H,46,47). The molecule has 48 heavy (non-hydrogen) atoms. The molecule has 1 aliphatic heterocycles. The van der Waals surface area contributed by atoms with Gasteiger partial charge in [0.15, 0.2) is 11.6 Å². The van der Waals surface area contributed by atoms with Crippen LogP contribution in [0.5, 0.6) is 11.5 Å². The molecule has 3 aromatic carbocycles. The lowest BCUT2D eigenvalue weighted by molar-refractivity contribution is -0.136. The van der Waals surface area contributed by atoms with E-state index in [0.29, 0.717) is 35.4 Å². The number of H-pyrrole nitrogens is 2. The number of hydrogen-bond acceptors (Lipinski definition) is 4. The van der Waals surface area contributed by atoms with Crippen molar-refractivity contribution in [2.75, 3.05) is 13.6 Å². The zero-order valence-electron chi connectivity index (χ0n) is 27.6. The summed E-state index contributed by atoms with van der Waals surface area (Å²) in [5.74, 6) is -1.56. The normalized spacial score (nSPS) is 18.8. The van der Waals surface area contributed by atoms with E-state index in [1.807, 2.05) is 30.3 Å². The van der Waals surface area contributed by atoms with Gasteiger partial charge in [-0.1, -0.05) is 44.5 Å². The van der Waals surface area contributed by atoms with Crippen LogP contribution in [0.2, 0.25) is 0 Å². The minimum Gasteiger partial charge on any atom is -0.481 e. The zero-order valence-corrected chi connectivity index (χ0v) is 27.6. The second kappa shape index (κ2) is 12.9. The average Bonchev–Trinajstić information content (AvgIpc) is 3.71. The molecule has 4 bridgehead atoms. The Morgan fingerprint density at radius 1 is 1.02 bits per heavy atom. The molecular weight excluding hydrogens is 614 g/mol. The molecule has 5 aromatic rings. The van der Waals surface area contributed by atoms with Crippen LogP contribution in [0.15, 0.2) is 67.0 Å². The van der Waals surface area contributed by atoms with Crippen LogP contribution in [-0.2, 0) is 27.8 Å². The Morgan fingerprint density at radius 2 is 1.79 bits per heavy atom. The number of rotatable bonds is 3. The Balaban J connectivity index is 1.45. The van der Waals surface area contributed by atoms with Crippen LogP contribution in [0.25, 0.3) is 22.3 Å². The number of aryl methyl sites for hydroxylation is 1. The molecule has 0 fully saturated rings. The maximum absolute atomic E-state index is 15.6. The SMILES string of the molecule is CN1CC(C)(C)CCCC(C)(c2ccc(CC(=O)O)cc2)c2cnc([nH]2)-c2cc(ccc2F)Oc2c(F)cc3[nH]ccc3c2CCC1=O. The molecule has 3 N–H and O–H groups in total. The minimum absolute atomic E-state index is 0.00703. The van der Waals surface area contributed by atoms with Crippen molar-refractivity contribution in [1.29, 1.82) is 0 Å². The monoisotopic (exact) mass is 654 g/mol. The quantitative estimate of drug-likeness (QED) is 0.182. The van der Waals surface area contributed by atoms with Crippen molar-refractivity contribution in [2.24, 2.45) is 5.41 Å². The number of carbonyl (C=O) groups is 2. The van der Waals surface area contributed by atoms with Gasteiger partial charge in [0.25, 0.3) is 0 Å². The summed E-state index contributed by atoms with van der Waals surface area (Å²) in [4.78, 5) is 37.5. The van der Waals surface area contributed by atoms with Crippen molar-refractivity contribution in [2.45, 2.75) is 64.7 Å². The summed E-state index contributed by atoms with van der Waals surface area (Å²) in [6, 6.07) is 14.9. The van der Waals surface area contributed by atoms with Gasteiger partial charge in [-0.15, -0.1) is 0 Å². The Kier molecular flexibility index (Phi) is 8.85. The lowest BCUT2D eigenvalue weighted by atomic mass is 9.74. The van der Waals surface area contributed by atoms with E-state index in [1.165, 1.54) is 24.3 Å². The highest BCUT2D eigenvalue weighted by atomic mass is 19.1. The maximum atomic E-state index is 15.6. The molecule has 1 aliphatic rings. The molecule has 0 radical (unpaired) electrons. The smallest absolute Gasteiger partial charge is 0.307 e. The van der Waals surface area contributed by atoms with Gasteiger partial charge in [-0.25, -0.2) is 13.8 Å². The Labute approximate surface area is 278 Å². The summed E-state index contributed by atoms with van der Waals surface area (Å²) < 4.78 is 37.2. The van der Waals surface area contributed by atoms with Crippen molar-refractivity contribution in [3.63, 3.8) is 0 Å². The van der Waals surface area contributed by atoms with Crippen LogP contribution in [0.3, 0.4) is 0 Å². The van der Waals surface area contributed by atoms with E-state index in [0.717, 1.165) is 29.5 Å². The predicted octanol–water partition coefficient (Wildman–Crippen LogP) is 8.16. The number of carboxylic acids is 1. The summed E-state index contributed by atoms with van der Waals surface area (Å²) in [6.07, 6.45) is 6.11. The van der Waals surface area contributed by atoms with E-state index in [4.69, 9.17) is 4.74 Å². The molecule has 8 nitrogen and oxygen atoms in total. The van der Waals surface area contributed by atoms with Crippen LogP contribution >= 0.6 is 0 Å². The number of carbonyl (C=O) groups excluding carboxylic acids is 1. The lowest BCUT2D eigenvalue weighted by Crippen LogP contribution is -2.36. The number of nitrogens with one attached hydrogen (secondary N) is 2. The highest BCUT2D eigenvalue weighted by Gasteiger charge is 2.33. The molecule has 1 amide bonds. The highest BCUT2D eigenvalue weighted by Crippen LogP contribution is 2.41. The largest absolute Gasteiger partial charge is 0.481 e. The fourth-order valence-electron chi connectivity index (χ4n) is 6.94. The third-order valence-electron chi connectivity index (χ3n) is 9.61. The number of imidazole rings is 1. The first kappa shape index (κ1) is 32.9. The summed E-state index contributed by atoms with van der Waals surface area (Å²) >= 11 is 0. The topological polar surface area (TPSA) is 111 Å². The molecule has 1 unspecified atom stereocenters. The molecular formula is C38H40F2N4O4. The average molecular weight is 655 g/mol. The third-order valence-corrected chi connectivity index (χ3v) is 9.61. The van der Waals surface area contributed by atoms with E-state index in [2.05, 4.69) is 35.7 Å². The van der Waals surface area contributed by atoms with Crippen LogP contribution in [0, 0.1) is 17.0 Å². The molecule has 1 atom stereocenters. The first-order valence-corrected chi connectivity index (χ1v) is 16.2. The number of amides is 1. The van der Waals surface area contributed by atoms with Crippen molar-refractivity contribution in [3.05, 3.63) is 101 Å².